The van der Waals surface area contributed by atoms with Gasteiger partial charge in [-0.05, 0) is 26.2 Å². The van der Waals surface area contributed by atoms with Gasteiger partial charge in [-0.25, -0.2) is 9.59 Å². The fraction of sp³-hybridized carbons (Fsp3) is 0.895. The first-order valence-electron chi connectivity index (χ1n) is 10.8. The van der Waals surface area contributed by atoms with Crippen LogP contribution >= 0.6 is 0 Å². The van der Waals surface area contributed by atoms with Crippen LogP contribution in [0.5, 0.6) is 0 Å². The van der Waals surface area contributed by atoms with Crippen LogP contribution in [0.15, 0.2) is 0 Å². The Labute approximate surface area is 168 Å². The fourth-order valence-electron chi connectivity index (χ4n) is 2.88. The van der Waals surface area contributed by atoms with Crippen LogP contribution in [0.3, 0.4) is 0 Å². The van der Waals surface area contributed by atoms with Crippen LogP contribution in [-0.4, -0.2) is 52.8 Å². The average molecular weight is 403 g/mol. The minimum Gasteiger partial charge on any atom is -0.404 e. The van der Waals surface area contributed by atoms with Crippen molar-refractivity contribution in [1.82, 2.24) is 15.2 Å². The van der Waals surface area contributed by atoms with Gasteiger partial charge in [-0.2, -0.15) is 0 Å². The Hall–Kier alpha value is -1.28. The molecule has 0 fully saturated rings. The zero-order chi connectivity index (χ0) is 20.2. The van der Waals surface area contributed by atoms with Crippen LogP contribution in [0, 0.1) is 0 Å². The van der Waals surface area contributed by atoms with Gasteiger partial charge in [-0.3, -0.25) is 0 Å². The zero-order valence-electron chi connectivity index (χ0n) is 17.6. The summed E-state index contributed by atoms with van der Waals surface area (Å²) in [6.45, 7) is 6.99. The largest absolute Gasteiger partial charge is 0.404 e. The number of nitrogens with one attached hydrogen (secondary N) is 2. The van der Waals surface area contributed by atoms with Crippen molar-refractivity contribution in [3.63, 3.8) is 0 Å². The number of nitrogens with two attached hydrogens (primary N) is 1. The molecule has 0 unspecified atom stereocenters. The van der Waals surface area contributed by atoms with Gasteiger partial charge < -0.3 is 25.4 Å². The number of hydrogen-bond acceptors (Lipinski definition) is 3. The minimum atomic E-state index is -0.903. The highest BCUT2D eigenvalue weighted by atomic mass is 28.2. The van der Waals surface area contributed by atoms with Gasteiger partial charge in [-0.15, -0.1) is 0 Å². The third kappa shape index (κ3) is 17.9. The average Bonchev–Trinajstić information content (AvgIpc) is 2.64. The molecular formula is C19H42N4O3Si. The van der Waals surface area contributed by atoms with E-state index in [4.69, 9.17) is 10.2 Å². The SMILES string of the molecule is CCCN([SiH2]OCC)C(=O)NCCCCCCCCCCCCNC(N)=O. The minimum absolute atomic E-state index is 0.0444. The van der Waals surface area contributed by atoms with Crippen LogP contribution in [0.25, 0.3) is 0 Å². The van der Waals surface area contributed by atoms with E-state index in [-0.39, 0.29) is 6.03 Å². The summed E-state index contributed by atoms with van der Waals surface area (Å²) < 4.78 is 7.35. The summed E-state index contributed by atoms with van der Waals surface area (Å²) >= 11 is 0. The highest BCUT2D eigenvalue weighted by molar-refractivity contribution is 6.29. The second kappa shape index (κ2) is 19.5. The Morgan fingerprint density at radius 1 is 0.852 bits per heavy atom. The van der Waals surface area contributed by atoms with Gasteiger partial charge in [0, 0.05) is 26.2 Å². The fourth-order valence-corrected chi connectivity index (χ4v) is 3.96. The Bertz CT molecular complexity index is 373. The lowest BCUT2D eigenvalue weighted by atomic mass is 10.1. The first-order chi connectivity index (χ1) is 13.1. The standard InChI is InChI=1S/C19H42N4O3Si/c1-3-17-23(27-26-4-2)19(25)22-16-14-12-10-8-6-5-7-9-11-13-15-21-18(20)24/h3-17,27H2,1-2H3,(H,22,25)(H3,20,21,24). The van der Waals surface area contributed by atoms with E-state index in [1.54, 1.807) is 0 Å². The van der Waals surface area contributed by atoms with Crippen LogP contribution < -0.4 is 16.4 Å². The van der Waals surface area contributed by atoms with Gasteiger partial charge in [0.05, 0.1) is 0 Å². The number of carbonyl (C=O) groups excluding carboxylic acids is 2. The lowest BCUT2D eigenvalue weighted by Gasteiger charge is -2.21. The van der Waals surface area contributed by atoms with Gasteiger partial charge >= 0.3 is 12.1 Å². The van der Waals surface area contributed by atoms with Crippen LogP contribution in [-0.2, 0) is 4.43 Å². The Morgan fingerprint density at radius 3 is 1.78 bits per heavy atom. The summed E-state index contributed by atoms with van der Waals surface area (Å²) in [6.07, 6.45) is 12.9. The molecule has 0 aromatic heterocycles. The Balaban J connectivity index is 3.38. The smallest absolute Gasteiger partial charge is 0.312 e. The van der Waals surface area contributed by atoms with E-state index in [0.717, 1.165) is 38.8 Å². The summed E-state index contributed by atoms with van der Waals surface area (Å²) in [5, 5.41) is 5.64. The number of nitrogens with zero attached hydrogens (tertiary/aromatic N) is 1. The van der Waals surface area contributed by atoms with E-state index in [9.17, 15) is 9.59 Å². The van der Waals surface area contributed by atoms with Crippen molar-refractivity contribution in [2.75, 3.05) is 26.2 Å². The van der Waals surface area contributed by atoms with Crippen molar-refractivity contribution >= 4 is 22.0 Å². The Morgan fingerprint density at radius 2 is 1.33 bits per heavy atom. The third-order valence-electron chi connectivity index (χ3n) is 4.41. The van der Waals surface area contributed by atoms with E-state index in [0.29, 0.717) is 13.2 Å². The first kappa shape index (κ1) is 25.7. The van der Waals surface area contributed by atoms with Crippen molar-refractivity contribution in [3.05, 3.63) is 0 Å². The van der Waals surface area contributed by atoms with Crippen molar-refractivity contribution in [2.45, 2.75) is 84.5 Å². The zero-order valence-corrected chi connectivity index (χ0v) is 19.0. The number of carbonyl (C=O) groups is 2. The maximum absolute atomic E-state index is 12.1. The molecule has 0 spiro atoms. The topological polar surface area (TPSA) is 96.7 Å². The maximum atomic E-state index is 12.1. The monoisotopic (exact) mass is 402 g/mol. The predicted molar refractivity (Wildman–Crippen MR) is 114 cm³/mol. The molecule has 0 aromatic rings. The van der Waals surface area contributed by atoms with Crippen molar-refractivity contribution in [2.24, 2.45) is 5.73 Å². The van der Waals surface area contributed by atoms with Crippen molar-refractivity contribution in [1.29, 1.82) is 0 Å². The highest BCUT2D eigenvalue weighted by Gasteiger charge is 2.11. The quantitative estimate of drug-likeness (QED) is 0.243. The molecule has 160 valence electrons. The normalized spacial score (nSPS) is 11.0. The predicted octanol–water partition coefficient (Wildman–Crippen LogP) is 3.01. The number of amides is 4. The van der Waals surface area contributed by atoms with E-state index in [1.807, 2.05) is 11.5 Å². The number of primary amides is 1. The molecule has 0 atom stereocenters. The van der Waals surface area contributed by atoms with Gasteiger partial charge in [0.1, 0.15) is 0 Å². The molecule has 8 heteroatoms. The van der Waals surface area contributed by atoms with Crippen LogP contribution in [0.1, 0.15) is 84.5 Å². The number of rotatable bonds is 18. The van der Waals surface area contributed by atoms with Gasteiger partial charge in [0.15, 0.2) is 0 Å². The van der Waals surface area contributed by atoms with E-state index >= 15 is 0 Å². The molecular weight excluding hydrogens is 360 g/mol. The summed E-state index contributed by atoms with van der Waals surface area (Å²) in [6, 6.07) is -0.386. The molecule has 0 rings (SSSR count). The van der Waals surface area contributed by atoms with Gasteiger partial charge in [0.2, 0.25) is 0 Å². The van der Waals surface area contributed by atoms with Gasteiger partial charge in [-0.1, -0.05) is 58.3 Å². The lowest BCUT2D eigenvalue weighted by molar-refractivity contribution is 0.214. The summed E-state index contributed by atoms with van der Waals surface area (Å²) in [7, 11) is -0.903. The van der Waals surface area contributed by atoms with E-state index in [2.05, 4.69) is 17.6 Å². The molecule has 0 aliphatic carbocycles. The molecule has 0 saturated heterocycles. The molecule has 0 aliphatic heterocycles. The number of unbranched alkanes of at least 4 members (excludes halogenated alkanes) is 9. The van der Waals surface area contributed by atoms with Crippen molar-refractivity contribution in [3.8, 4) is 0 Å². The van der Waals surface area contributed by atoms with Crippen LogP contribution in [0.2, 0.25) is 0 Å². The summed E-state index contributed by atoms with van der Waals surface area (Å²) in [5.74, 6) is 0. The molecule has 0 aromatic carbocycles. The number of hydrogen-bond donors (Lipinski definition) is 3. The molecule has 0 radical (unpaired) electrons. The molecule has 4 N–H and O–H groups in total. The number of urea groups is 2. The third-order valence-corrected chi connectivity index (χ3v) is 5.92. The maximum Gasteiger partial charge on any atom is 0.312 e. The van der Waals surface area contributed by atoms with E-state index in [1.165, 1.54) is 44.9 Å². The van der Waals surface area contributed by atoms with Crippen molar-refractivity contribution < 1.29 is 14.0 Å². The lowest BCUT2D eigenvalue weighted by Crippen LogP contribution is -2.43. The molecule has 27 heavy (non-hydrogen) atoms. The van der Waals surface area contributed by atoms with Gasteiger partial charge in [0.25, 0.3) is 9.92 Å². The molecule has 7 nitrogen and oxygen atoms in total. The Kier molecular flexibility index (Phi) is 18.6. The molecule has 0 aliphatic rings. The molecule has 0 heterocycles. The van der Waals surface area contributed by atoms with Crippen LogP contribution in [0.4, 0.5) is 9.59 Å². The summed E-state index contributed by atoms with van der Waals surface area (Å²) in [5.41, 5.74) is 5.01. The molecule has 4 amide bonds. The second-order valence-electron chi connectivity index (χ2n) is 6.94. The summed E-state index contributed by atoms with van der Waals surface area (Å²) in [4.78, 5) is 22.6. The first-order valence-corrected chi connectivity index (χ1v) is 12.0. The second-order valence-corrected chi connectivity index (χ2v) is 8.37. The highest BCUT2D eigenvalue weighted by Crippen LogP contribution is 2.10. The molecule has 0 saturated carbocycles. The molecule has 0 bridgehead atoms. The van der Waals surface area contributed by atoms with E-state index < -0.39 is 16.0 Å².